The van der Waals surface area contributed by atoms with Crippen molar-refractivity contribution >= 4 is 33.4 Å². The van der Waals surface area contributed by atoms with Gasteiger partial charge >= 0.3 is 11.8 Å². The Morgan fingerprint density at radius 3 is 2.63 bits per heavy atom. The first-order valence-electron chi connectivity index (χ1n) is 6.11. The second kappa shape index (κ2) is 6.68. The van der Waals surface area contributed by atoms with E-state index in [1.165, 1.54) is 0 Å². The molecule has 2 rings (SSSR count). The van der Waals surface area contributed by atoms with Crippen LogP contribution in [0.25, 0.3) is 0 Å². The topological polar surface area (TPSA) is 67.4 Å². The fourth-order valence-electron chi connectivity index (χ4n) is 1.81. The Morgan fingerprint density at radius 2 is 2.00 bits per heavy atom. The Kier molecular flexibility index (Phi) is 4.93. The molecule has 102 valence electrons. The molecule has 1 unspecified atom stereocenters. The van der Waals surface area contributed by atoms with Gasteiger partial charge in [0, 0.05) is 23.3 Å². The van der Waals surface area contributed by atoms with E-state index in [2.05, 4.69) is 26.6 Å². The molecule has 0 aromatic heterocycles. The van der Waals surface area contributed by atoms with Crippen molar-refractivity contribution in [2.24, 2.45) is 0 Å². The number of anilines is 1. The van der Waals surface area contributed by atoms with E-state index in [1.807, 2.05) is 0 Å². The van der Waals surface area contributed by atoms with E-state index in [9.17, 15) is 9.59 Å². The average Bonchev–Trinajstić information content (AvgIpc) is 2.91. The molecule has 0 saturated carbocycles. The Hall–Kier alpha value is -1.40. The molecule has 2 N–H and O–H groups in total. The maximum Gasteiger partial charge on any atom is 0.313 e. The van der Waals surface area contributed by atoms with E-state index in [0.29, 0.717) is 12.2 Å². The number of nitrogens with one attached hydrogen (secondary N) is 2. The largest absolute Gasteiger partial charge is 0.376 e. The van der Waals surface area contributed by atoms with E-state index in [-0.39, 0.29) is 6.10 Å². The maximum absolute atomic E-state index is 11.6. The molecule has 1 fully saturated rings. The van der Waals surface area contributed by atoms with Crippen LogP contribution in [0.3, 0.4) is 0 Å². The minimum Gasteiger partial charge on any atom is -0.376 e. The Balaban J connectivity index is 1.78. The molecule has 1 aliphatic rings. The molecule has 6 heteroatoms. The minimum absolute atomic E-state index is 0.0319. The SMILES string of the molecule is O=C(NCC1CCCO1)C(=O)Nc1ccc(Br)cc1. The van der Waals surface area contributed by atoms with Gasteiger partial charge in [0.25, 0.3) is 0 Å². The van der Waals surface area contributed by atoms with Gasteiger partial charge in [0.05, 0.1) is 6.10 Å². The first-order valence-corrected chi connectivity index (χ1v) is 6.91. The zero-order valence-electron chi connectivity index (χ0n) is 10.3. The lowest BCUT2D eigenvalue weighted by Gasteiger charge is -2.10. The van der Waals surface area contributed by atoms with Crippen molar-refractivity contribution in [1.82, 2.24) is 5.32 Å². The Bertz CT molecular complexity index is 455. The number of benzene rings is 1. The fourth-order valence-corrected chi connectivity index (χ4v) is 2.08. The third-order valence-corrected chi connectivity index (χ3v) is 3.35. The smallest absolute Gasteiger partial charge is 0.313 e. The molecule has 1 saturated heterocycles. The molecular weight excluding hydrogens is 312 g/mol. The van der Waals surface area contributed by atoms with Gasteiger partial charge in [-0.2, -0.15) is 0 Å². The zero-order chi connectivity index (χ0) is 13.7. The third-order valence-electron chi connectivity index (χ3n) is 2.82. The van der Waals surface area contributed by atoms with Crippen molar-refractivity contribution in [2.75, 3.05) is 18.5 Å². The van der Waals surface area contributed by atoms with Crippen LogP contribution in [0.2, 0.25) is 0 Å². The highest BCUT2D eigenvalue weighted by molar-refractivity contribution is 9.10. The van der Waals surface area contributed by atoms with Crippen LogP contribution < -0.4 is 10.6 Å². The fraction of sp³-hybridized carbons (Fsp3) is 0.385. The quantitative estimate of drug-likeness (QED) is 0.830. The van der Waals surface area contributed by atoms with Gasteiger partial charge in [-0.05, 0) is 37.1 Å². The van der Waals surface area contributed by atoms with Crippen molar-refractivity contribution in [1.29, 1.82) is 0 Å². The zero-order valence-corrected chi connectivity index (χ0v) is 11.9. The van der Waals surface area contributed by atoms with E-state index in [0.717, 1.165) is 23.9 Å². The second-order valence-corrected chi connectivity index (χ2v) is 5.22. The number of amides is 2. The molecule has 0 bridgehead atoms. The molecular formula is C13H15BrN2O3. The standard InChI is InChI=1S/C13H15BrN2O3/c14-9-3-5-10(6-4-9)16-13(18)12(17)15-8-11-2-1-7-19-11/h3-6,11H,1-2,7-8H2,(H,15,17)(H,16,18). The van der Waals surface area contributed by atoms with Crippen molar-refractivity contribution in [2.45, 2.75) is 18.9 Å². The summed E-state index contributed by atoms with van der Waals surface area (Å²) in [6.07, 6.45) is 1.96. The average molecular weight is 327 g/mol. The van der Waals surface area contributed by atoms with Crippen molar-refractivity contribution in [3.05, 3.63) is 28.7 Å². The summed E-state index contributed by atoms with van der Waals surface area (Å²) in [5.41, 5.74) is 0.584. The summed E-state index contributed by atoms with van der Waals surface area (Å²) in [4.78, 5) is 23.2. The molecule has 0 spiro atoms. The number of hydrogen-bond donors (Lipinski definition) is 2. The summed E-state index contributed by atoms with van der Waals surface area (Å²) in [6.45, 7) is 1.11. The van der Waals surface area contributed by atoms with Gasteiger partial charge in [0.1, 0.15) is 0 Å². The second-order valence-electron chi connectivity index (χ2n) is 4.31. The molecule has 1 heterocycles. The van der Waals surface area contributed by atoms with E-state index < -0.39 is 11.8 Å². The van der Waals surface area contributed by atoms with Crippen LogP contribution in [-0.4, -0.2) is 31.1 Å². The van der Waals surface area contributed by atoms with E-state index in [1.54, 1.807) is 24.3 Å². The third kappa shape index (κ3) is 4.33. The summed E-state index contributed by atoms with van der Waals surface area (Å²) in [6, 6.07) is 7.02. The molecule has 19 heavy (non-hydrogen) atoms. The first-order chi connectivity index (χ1) is 9.15. The minimum atomic E-state index is -0.666. The van der Waals surface area contributed by atoms with Crippen molar-refractivity contribution < 1.29 is 14.3 Å². The molecule has 1 atom stereocenters. The number of halogens is 1. The lowest BCUT2D eigenvalue weighted by Crippen LogP contribution is -2.39. The van der Waals surface area contributed by atoms with Crippen LogP contribution in [0.15, 0.2) is 28.7 Å². The monoisotopic (exact) mass is 326 g/mol. The summed E-state index contributed by atoms with van der Waals surface area (Å²) in [5.74, 6) is -1.31. The number of ether oxygens (including phenoxy) is 1. The lowest BCUT2D eigenvalue weighted by atomic mass is 10.2. The number of carbonyl (C=O) groups excluding carboxylic acids is 2. The van der Waals surface area contributed by atoms with Crippen LogP contribution in [-0.2, 0) is 14.3 Å². The predicted octanol–water partition coefficient (Wildman–Crippen LogP) is 1.68. The summed E-state index contributed by atoms with van der Waals surface area (Å²) >= 11 is 3.30. The maximum atomic E-state index is 11.6. The number of carbonyl (C=O) groups is 2. The molecule has 0 radical (unpaired) electrons. The Morgan fingerprint density at radius 1 is 1.26 bits per heavy atom. The van der Waals surface area contributed by atoms with Gasteiger partial charge in [0.2, 0.25) is 0 Å². The van der Waals surface area contributed by atoms with Crippen LogP contribution in [0.5, 0.6) is 0 Å². The van der Waals surface area contributed by atoms with Gasteiger partial charge in [-0.1, -0.05) is 15.9 Å². The van der Waals surface area contributed by atoms with Gasteiger partial charge < -0.3 is 15.4 Å². The van der Waals surface area contributed by atoms with Crippen LogP contribution in [0.4, 0.5) is 5.69 Å². The molecule has 2 amide bonds. The highest BCUT2D eigenvalue weighted by Gasteiger charge is 2.19. The van der Waals surface area contributed by atoms with Gasteiger partial charge in [0.15, 0.2) is 0 Å². The summed E-state index contributed by atoms with van der Waals surface area (Å²) in [5, 5.41) is 5.10. The van der Waals surface area contributed by atoms with Crippen molar-refractivity contribution in [3.63, 3.8) is 0 Å². The molecule has 0 aliphatic carbocycles. The van der Waals surface area contributed by atoms with Crippen LogP contribution >= 0.6 is 15.9 Å². The molecule has 1 aliphatic heterocycles. The normalized spacial score (nSPS) is 18.1. The summed E-state index contributed by atoms with van der Waals surface area (Å²) in [7, 11) is 0. The predicted molar refractivity (Wildman–Crippen MR) is 74.8 cm³/mol. The van der Waals surface area contributed by atoms with Gasteiger partial charge in [-0.15, -0.1) is 0 Å². The lowest BCUT2D eigenvalue weighted by molar-refractivity contribution is -0.136. The number of hydrogen-bond acceptors (Lipinski definition) is 3. The molecule has 1 aromatic rings. The van der Waals surface area contributed by atoms with Crippen LogP contribution in [0, 0.1) is 0 Å². The first kappa shape index (κ1) is 14.0. The Labute approximate surface area is 119 Å². The summed E-state index contributed by atoms with van der Waals surface area (Å²) < 4.78 is 6.27. The van der Waals surface area contributed by atoms with Crippen LogP contribution in [0.1, 0.15) is 12.8 Å². The van der Waals surface area contributed by atoms with Gasteiger partial charge in [-0.3, -0.25) is 9.59 Å². The van der Waals surface area contributed by atoms with Gasteiger partial charge in [-0.25, -0.2) is 0 Å². The van der Waals surface area contributed by atoms with E-state index in [4.69, 9.17) is 4.74 Å². The number of rotatable bonds is 3. The van der Waals surface area contributed by atoms with Crippen molar-refractivity contribution in [3.8, 4) is 0 Å². The molecule has 1 aromatic carbocycles. The molecule has 5 nitrogen and oxygen atoms in total. The van der Waals surface area contributed by atoms with E-state index >= 15 is 0 Å². The highest BCUT2D eigenvalue weighted by atomic mass is 79.9. The highest BCUT2D eigenvalue weighted by Crippen LogP contribution is 2.14.